The number of nitrogens with zero attached hydrogens (tertiary/aromatic N) is 8. The van der Waals surface area contributed by atoms with E-state index in [1.807, 2.05) is 23.6 Å². The Kier molecular flexibility index (Phi) is 15.3. The van der Waals surface area contributed by atoms with E-state index in [1.165, 1.54) is 42.7 Å². The summed E-state index contributed by atoms with van der Waals surface area (Å²) in [5, 5.41) is 20.0. The summed E-state index contributed by atoms with van der Waals surface area (Å²) in [6, 6.07) is 12.2. The highest BCUT2D eigenvalue weighted by atomic mass is 19.1. The molecule has 5 aliphatic heterocycles. The molecule has 1 unspecified atom stereocenters. The number of piperidine rings is 1. The van der Waals surface area contributed by atoms with Crippen LogP contribution in [0.25, 0.3) is 43.8 Å². The molecule has 1 atom stereocenters. The zero-order chi connectivity index (χ0) is 53.3. The Morgan fingerprint density at radius 3 is 2.42 bits per heavy atom. The maximum absolute atomic E-state index is 16.8. The average Bonchev–Trinajstić information content (AvgIpc) is 4.13. The summed E-state index contributed by atoms with van der Waals surface area (Å²) in [6.07, 6.45) is 17.9. The van der Waals surface area contributed by atoms with Crippen LogP contribution < -0.4 is 15.0 Å². The highest BCUT2D eigenvalue weighted by Gasteiger charge is 2.46. The second-order valence-corrected chi connectivity index (χ2v) is 21.4. The van der Waals surface area contributed by atoms with Crippen LogP contribution in [0, 0.1) is 29.4 Å². The number of phenols is 1. The first-order valence-corrected chi connectivity index (χ1v) is 26.7. The fraction of sp³-hybridized carbons (Fsp3) is 0.500. The summed E-state index contributed by atoms with van der Waals surface area (Å²) in [5.41, 5.74) is 4.32. The van der Waals surface area contributed by atoms with E-state index in [4.69, 9.17) is 25.9 Å². The first-order valence-electron chi connectivity index (χ1n) is 26.7. The third-order valence-electron chi connectivity index (χ3n) is 16.6. The molecule has 1 saturated carbocycles. The minimum Gasteiger partial charge on any atom is -0.508 e. The van der Waals surface area contributed by atoms with Crippen molar-refractivity contribution in [3.8, 4) is 35.4 Å². The number of aromatic hydroxyl groups is 1. The number of aryl methyl sites for hydroxylation is 1. The van der Waals surface area contributed by atoms with Crippen molar-refractivity contribution in [3.63, 3.8) is 0 Å². The number of hydrogen-bond acceptors (Lipinski definition) is 13. The quantitative estimate of drug-likeness (QED) is 0.0521. The van der Waals surface area contributed by atoms with Crippen LogP contribution in [0.2, 0.25) is 0 Å². The van der Waals surface area contributed by atoms with E-state index in [2.05, 4.69) is 54.1 Å². The van der Waals surface area contributed by atoms with Crippen LogP contribution >= 0.6 is 0 Å². The predicted molar refractivity (Wildman–Crippen MR) is 285 cm³/mol. The molecule has 400 valence electrons. The molecule has 6 aliphatic rings. The number of ether oxygens (including phenoxy) is 3. The van der Waals surface area contributed by atoms with Gasteiger partial charge in [-0.1, -0.05) is 24.1 Å². The second-order valence-electron chi connectivity index (χ2n) is 21.4. The monoisotopic (exact) mass is 1040 g/mol. The van der Waals surface area contributed by atoms with Crippen molar-refractivity contribution in [2.24, 2.45) is 12.5 Å². The Morgan fingerprint density at radius 1 is 0.947 bits per heavy atom. The van der Waals surface area contributed by atoms with Crippen molar-refractivity contribution in [2.75, 3.05) is 78.2 Å². The van der Waals surface area contributed by atoms with Crippen molar-refractivity contribution in [2.45, 2.75) is 101 Å². The lowest BCUT2D eigenvalue weighted by Crippen LogP contribution is -2.56. The molecule has 12 rings (SSSR count). The third kappa shape index (κ3) is 10.0. The molecule has 18 heteroatoms. The number of carbonyl (C=O) groups is 3. The summed E-state index contributed by atoms with van der Waals surface area (Å²) < 4.78 is 49.6. The van der Waals surface area contributed by atoms with Crippen LogP contribution in [0.15, 0.2) is 42.5 Å². The van der Waals surface area contributed by atoms with Crippen LogP contribution in [0.3, 0.4) is 0 Å². The maximum atomic E-state index is 16.8. The van der Waals surface area contributed by atoms with Crippen molar-refractivity contribution >= 4 is 56.6 Å². The zero-order valence-electron chi connectivity index (χ0n) is 43.9. The molecule has 0 bridgehead atoms. The number of anilines is 1. The van der Waals surface area contributed by atoms with Gasteiger partial charge in [-0.3, -0.25) is 29.3 Å². The lowest BCUT2D eigenvalue weighted by atomic mass is 9.65. The normalized spacial score (nSPS) is 19.7. The second kappa shape index (κ2) is 22.0. The molecule has 3 amide bonds. The van der Waals surface area contributed by atoms with Gasteiger partial charge in [0.05, 0.1) is 39.3 Å². The Morgan fingerprint density at radius 2 is 1.71 bits per heavy atom. The van der Waals surface area contributed by atoms with Crippen molar-refractivity contribution < 1.29 is 42.5 Å². The van der Waals surface area contributed by atoms with E-state index in [9.17, 15) is 23.9 Å². The van der Waals surface area contributed by atoms with Gasteiger partial charge in [-0.2, -0.15) is 15.1 Å². The van der Waals surface area contributed by atoms with E-state index in [1.54, 1.807) is 14.2 Å². The van der Waals surface area contributed by atoms with E-state index in [-0.39, 0.29) is 57.4 Å². The van der Waals surface area contributed by atoms with Gasteiger partial charge in [0.1, 0.15) is 35.2 Å². The van der Waals surface area contributed by atoms with Gasteiger partial charge in [0, 0.05) is 95.3 Å². The van der Waals surface area contributed by atoms with E-state index >= 15 is 4.39 Å². The molecular formula is C58H67F2N9O7. The molecule has 5 fully saturated rings. The van der Waals surface area contributed by atoms with Crippen LogP contribution in [0.1, 0.15) is 112 Å². The Hall–Kier alpha value is -6.81. The molecule has 16 nitrogen and oxygen atoms in total. The topological polar surface area (TPSA) is 177 Å². The van der Waals surface area contributed by atoms with Crippen molar-refractivity contribution in [1.82, 2.24) is 39.8 Å². The molecule has 3 aromatic heterocycles. The van der Waals surface area contributed by atoms with Crippen LogP contribution in [0.5, 0.6) is 11.8 Å². The van der Waals surface area contributed by atoms with Crippen molar-refractivity contribution in [1.29, 1.82) is 0 Å². The van der Waals surface area contributed by atoms with Gasteiger partial charge >= 0.3 is 6.01 Å². The number of likely N-dealkylation sites (tertiary alicyclic amines) is 1. The number of aromatic nitrogens is 5. The highest BCUT2D eigenvalue weighted by molar-refractivity contribution is 6.04. The molecule has 8 heterocycles. The fourth-order valence-electron chi connectivity index (χ4n) is 12.9. The summed E-state index contributed by atoms with van der Waals surface area (Å²) >= 11 is 0. The predicted octanol–water partition coefficient (Wildman–Crippen LogP) is 8.08. The minimum absolute atomic E-state index is 0.0164. The Balaban J connectivity index is 0.000000177. The number of pyridine rings is 1. The largest absolute Gasteiger partial charge is 0.508 e. The Labute approximate surface area is 441 Å². The van der Waals surface area contributed by atoms with Gasteiger partial charge in [0.25, 0.3) is 0 Å². The fourth-order valence-corrected chi connectivity index (χ4v) is 12.9. The summed E-state index contributed by atoms with van der Waals surface area (Å²) in [6.45, 7) is 8.91. The zero-order valence-corrected chi connectivity index (χ0v) is 43.9. The molecule has 3 aromatic carbocycles. The average molecular weight is 1040 g/mol. The smallest absolute Gasteiger partial charge is 0.319 e. The number of terminal acetylenes is 1. The van der Waals surface area contributed by atoms with Crippen LogP contribution in [0.4, 0.5) is 14.6 Å². The molecule has 0 radical (unpaired) electrons. The van der Waals surface area contributed by atoms with E-state index in [0.29, 0.717) is 91.2 Å². The number of rotatable bonds is 12. The SMILES string of the molecule is C#Cc1c(F)ccc2cc(O)cc(-c3nc4c5c(nc(OCC67CCCN6CCC7)nc5c3F)N(CCCOCC)CC4)c12.COC.Cn1nc(C2CCC(=O)NC2=O)c2ccc(C3CCC4(CC3)CN(C=O)C4)cc21. The van der Waals surface area contributed by atoms with Gasteiger partial charge in [-0.05, 0) is 125 Å². The molecule has 1 aliphatic carbocycles. The van der Waals surface area contributed by atoms with Crippen LogP contribution in [-0.4, -0.2) is 137 Å². The lowest BCUT2D eigenvalue weighted by Gasteiger charge is -2.52. The molecule has 76 heavy (non-hydrogen) atoms. The summed E-state index contributed by atoms with van der Waals surface area (Å²) in [5.74, 6) is 1.30. The highest BCUT2D eigenvalue weighted by Crippen LogP contribution is 2.49. The first kappa shape index (κ1) is 52.6. The number of fused-ring (bicyclic) bond motifs is 3. The molecule has 1 spiro atoms. The number of carbonyl (C=O) groups excluding carboxylic acids is 3. The van der Waals surface area contributed by atoms with Crippen molar-refractivity contribution in [3.05, 3.63) is 76.6 Å². The van der Waals surface area contributed by atoms with Crippen LogP contribution in [-0.2, 0) is 37.3 Å². The standard InChI is InChI=1S/C34H35F2N5O3.C22H26N4O3.C2H6O/c1-3-23-25(35)9-8-21-18-22(42)19-24(27(21)23)30-29(36)31-28-26(37-30)10-16-40(13-7-17-43-4-2)32(28)39-33(38-31)44-20-34-11-5-14-41(34)15-6-12-34;1-25-18-10-15(14-6-8-22(9-7-14)11-26(12-22)13-27)2-3-16(18)20(24-25)17-4-5-19(28)23-21(17)29;1-3-2/h1,8-9,18-19,42H,4-7,10-17,20H2,2H3;2-3,10,13-14,17H,4-9,11-12H2,1H3,(H,23,28,29);1-2H3. The minimum atomic E-state index is -0.700. The van der Waals surface area contributed by atoms with Gasteiger partial charge in [-0.25, -0.2) is 13.8 Å². The summed E-state index contributed by atoms with van der Waals surface area (Å²) in [4.78, 5) is 55.4. The van der Waals surface area contributed by atoms with E-state index in [0.717, 1.165) is 94.1 Å². The number of methoxy groups -OCH3 is 1. The lowest BCUT2D eigenvalue weighted by molar-refractivity contribution is -0.134. The maximum Gasteiger partial charge on any atom is 0.319 e. The molecule has 2 N–H and O–H groups in total. The molecule has 4 saturated heterocycles. The van der Waals surface area contributed by atoms with Gasteiger partial charge in [-0.15, -0.1) is 6.42 Å². The number of nitrogens with one attached hydrogen (secondary N) is 1. The summed E-state index contributed by atoms with van der Waals surface area (Å²) in [7, 11) is 5.17. The number of amides is 3. The molecular weight excluding hydrogens is 973 g/mol. The Bertz CT molecular complexity index is 3220. The van der Waals surface area contributed by atoms with E-state index < -0.39 is 11.6 Å². The van der Waals surface area contributed by atoms with Gasteiger partial charge in [0.2, 0.25) is 18.2 Å². The number of halogens is 2. The first-order chi connectivity index (χ1) is 36.8. The van der Waals surface area contributed by atoms with Gasteiger partial charge < -0.3 is 29.1 Å². The number of imide groups is 1. The van der Waals surface area contributed by atoms with Gasteiger partial charge in [0.15, 0.2) is 5.82 Å². The number of phenolic OH excluding ortho intramolecular Hbond substituents is 1. The third-order valence-corrected chi connectivity index (χ3v) is 16.6. The number of hydrogen-bond donors (Lipinski definition) is 2. The number of benzene rings is 3. The molecule has 6 aromatic rings.